The van der Waals surface area contributed by atoms with E-state index in [-0.39, 0.29) is 17.2 Å². The molecule has 0 aromatic heterocycles. The Kier molecular flexibility index (Phi) is 4.16. The number of nitrogens with zero attached hydrogens (tertiary/aromatic N) is 2. The molecule has 24 heavy (non-hydrogen) atoms. The van der Waals surface area contributed by atoms with Gasteiger partial charge in [0.15, 0.2) is 0 Å². The molecule has 1 unspecified atom stereocenters. The van der Waals surface area contributed by atoms with Crippen molar-refractivity contribution in [3.8, 4) is 0 Å². The summed E-state index contributed by atoms with van der Waals surface area (Å²) < 4.78 is 27.4. The van der Waals surface area contributed by atoms with E-state index in [1.807, 2.05) is 13.1 Å². The summed E-state index contributed by atoms with van der Waals surface area (Å²) in [5.74, 6) is -0.255. The minimum absolute atomic E-state index is 0.00255. The first kappa shape index (κ1) is 16.6. The van der Waals surface area contributed by atoms with E-state index in [2.05, 4.69) is 30.7 Å². The zero-order chi connectivity index (χ0) is 17.5. The first-order valence-corrected chi connectivity index (χ1v) is 8.15. The molecule has 126 valence electrons. The Morgan fingerprint density at radius 3 is 2.50 bits per heavy atom. The standard InChI is InChI=1S/C20H22F2N2/c1-13-11-20(2,3)24(4)19-10-18(22)14(9-17(13)19)12-23-16-7-5-15(21)6-8-16/h5-10,12-13H,11H2,1-4H3. The van der Waals surface area contributed by atoms with Gasteiger partial charge in [0.05, 0.1) is 5.69 Å². The van der Waals surface area contributed by atoms with Crippen molar-refractivity contribution in [1.82, 2.24) is 0 Å². The third-order valence-corrected chi connectivity index (χ3v) is 4.93. The highest BCUT2D eigenvalue weighted by Crippen LogP contribution is 2.43. The summed E-state index contributed by atoms with van der Waals surface area (Å²) in [6.45, 7) is 6.52. The summed E-state index contributed by atoms with van der Waals surface area (Å²) in [6.07, 6.45) is 2.52. The van der Waals surface area contributed by atoms with E-state index >= 15 is 0 Å². The third kappa shape index (κ3) is 3.05. The second-order valence-electron chi connectivity index (χ2n) is 7.14. The zero-order valence-corrected chi connectivity index (χ0v) is 14.5. The van der Waals surface area contributed by atoms with Crippen molar-refractivity contribution in [2.45, 2.75) is 38.6 Å². The van der Waals surface area contributed by atoms with Crippen LogP contribution in [0.3, 0.4) is 0 Å². The van der Waals surface area contributed by atoms with Crippen molar-refractivity contribution in [1.29, 1.82) is 0 Å². The topological polar surface area (TPSA) is 15.6 Å². The number of benzene rings is 2. The molecule has 0 N–H and O–H groups in total. The van der Waals surface area contributed by atoms with Crippen LogP contribution < -0.4 is 4.90 Å². The van der Waals surface area contributed by atoms with Gasteiger partial charge in [-0.3, -0.25) is 4.99 Å². The largest absolute Gasteiger partial charge is 0.369 e. The number of halogens is 2. The molecule has 1 aliphatic rings. The molecule has 0 saturated carbocycles. The Morgan fingerprint density at radius 1 is 1.17 bits per heavy atom. The van der Waals surface area contributed by atoms with Gasteiger partial charge in [-0.2, -0.15) is 0 Å². The lowest BCUT2D eigenvalue weighted by Crippen LogP contribution is -2.45. The zero-order valence-electron chi connectivity index (χ0n) is 14.5. The van der Waals surface area contributed by atoms with Crippen LogP contribution in [0.2, 0.25) is 0 Å². The molecule has 0 aliphatic carbocycles. The third-order valence-electron chi connectivity index (χ3n) is 4.93. The smallest absolute Gasteiger partial charge is 0.134 e. The molecule has 0 spiro atoms. The van der Waals surface area contributed by atoms with Crippen LogP contribution in [0.1, 0.15) is 44.2 Å². The highest BCUT2D eigenvalue weighted by atomic mass is 19.1. The highest BCUT2D eigenvalue weighted by molar-refractivity contribution is 5.84. The number of anilines is 1. The molecular weight excluding hydrogens is 306 g/mol. The van der Waals surface area contributed by atoms with Crippen LogP contribution in [0.15, 0.2) is 41.4 Å². The second kappa shape index (κ2) is 6.00. The molecule has 1 atom stereocenters. The molecule has 0 fully saturated rings. The molecule has 0 amide bonds. The van der Waals surface area contributed by atoms with Gasteiger partial charge in [-0.1, -0.05) is 6.92 Å². The quantitative estimate of drug-likeness (QED) is 0.671. The Bertz CT molecular complexity index is 779. The van der Waals surface area contributed by atoms with Gasteiger partial charge in [-0.05, 0) is 68.1 Å². The molecule has 0 saturated heterocycles. The number of hydrogen-bond acceptors (Lipinski definition) is 2. The summed E-state index contributed by atoms with van der Waals surface area (Å²) in [4.78, 5) is 6.40. The number of fused-ring (bicyclic) bond motifs is 1. The monoisotopic (exact) mass is 328 g/mol. The Balaban J connectivity index is 1.97. The van der Waals surface area contributed by atoms with Gasteiger partial charge in [0.2, 0.25) is 0 Å². The molecule has 1 heterocycles. The maximum Gasteiger partial charge on any atom is 0.134 e. The number of aliphatic imine (C=N–C) groups is 1. The molecule has 2 nitrogen and oxygen atoms in total. The average Bonchev–Trinajstić information content (AvgIpc) is 2.52. The van der Waals surface area contributed by atoms with Crippen LogP contribution in [0.5, 0.6) is 0 Å². The fraction of sp³-hybridized carbons (Fsp3) is 0.350. The van der Waals surface area contributed by atoms with Gasteiger partial charge in [0, 0.05) is 30.1 Å². The first-order valence-electron chi connectivity index (χ1n) is 8.15. The number of hydrogen-bond donors (Lipinski definition) is 0. The van der Waals surface area contributed by atoms with Crippen molar-refractivity contribution in [3.05, 3.63) is 59.2 Å². The molecule has 4 heteroatoms. The summed E-state index contributed by atoms with van der Waals surface area (Å²) in [6, 6.07) is 9.30. The normalized spacial score (nSPS) is 19.6. The van der Waals surface area contributed by atoms with E-state index in [0.29, 0.717) is 17.2 Å². The minimum atomic E-state index is -0.312. The Hall–Kier alpha value is -2.23. The second-order valence-corrected chi connectivity index (χ2v) is 7.14. The van der Waals surface area contributed by atoms with E-state index in [9.17, 15) is 8.78 Å². The molecule has 1 aliphatic heterocycles. The predicted molar refractivity (Wildman–Crippen MR) is 95.6 cm³/mol. The van der Waals surface area contributed by atoms with Crippen molar-refractivity contribution in [2.24, 2.45) is 4.99 Å². The number of rotatable bonds is 2. The van der Waals surface area contributed by atoms with E-state index in [1.54, 1.807) is 18.2 Å². The fourth-order valence-electron chi connectivity index (χ4n) is 3.37. The van der Waals surface area contributed by atoms with Gasteiger partial charge in [-0.15, -0.1) is 0 Å². The maximum absolute atomic E-state index is 14.5. The molecule has 0 radical (unpaired) electrons. The average molecular weight is 328 g/mol. The van der Waals surface area contributed by atoms with Gasteiger partial charge in [-0.25, -0.2) is 8.78 Å². The highest BCUT2D eigenvalue weighted by Gasteiger charge is 2.34. The van der Waals surface area contributed by atoms with Crippen LogP contribution in [0, 0.1) is 11.6 Å². The SMILES string of the molecule is CC1CC(C)(C)N(C)c2cc(F)c(C=Nc3ccc(F)cc3)cc21. The maximum atomic E-state index is 14.5. The summed E-state index contributed by atoms with van der Waals surface area (Å²) in [5, 5.41) is 0. The van der Waals surface area contributed by atoms with E-state index < -0.39 is 0 Å². The van der Waals surface area contributed by atoms with Gasteiger partial charge in [0.25, 0.3) is 0 Å². The van der Waals surface area contributed by atoms with Gasteiger partial charge >= 0.3 is 0 Å². The Morgan fingerprint density at radius 2 is 1.83 bits per heavy atom. The molecule has 3 rings (SSSR count). The van der Waals surface area contributed by atoms with Crippen LogP contribution >= 0.6 is 0 Å². The summed E-state index contributed by atoms with van der Waals surface area (Å²) in [7, 11) is 2.01. The van der Waals surface area contributed by atoms with Crippen LogP contribution in [-0.4, -0.2) is 18.8 Å². The summed E-state index contributed by atoms with van der Waals surface area (Å²) >= 11 is 0. The van der Waals surface area contributed by atoms with Crippen molar-refractivity contribution in [2.75, 3.05) is 11.9 Å². The Labute approximate surface area is 141 Å². The minimum Gasteiger partial charge on any atom is -0.369 e. The van der Waals surface area contributed by atoms with Crippen molar-refractivity contribution < 1.29 is 8.78 Å². The molecule has 0 bridgehead atoms. The van der Waals surface area contributed by atoms with Gasteiger partial charge < -0.3 is 4.90 Å². The molecule has 2 aromatic rings. The lowest BCUT2D eigenvalue weighted by molar-refractivity contribution is 0.394. The predicted octanol–water partition coefficient (Wildman–Crippen LogP) is 5.44. The lowest BCUT2D eigenvalue weighted by atomic mass is 9.80. The lowest BCUT2D eigenvalue weighted by Gasteiger charge is -2.45. The molecule has 2 aromatic carbocycles. The summed E-state index contributed by atoms with van der Waals surface area (Å²) in [5.41, 5.74) is 3.13. The van der Waals surface area contributed by atoms with E-state index in [1.165, 1.54) is 18.3 Å². The molecular formula is C20H22F2N2. The van der Waals surface area contributed by atoms with Gasteiger partial charge in [0.1, 0.15) is 11.6 Å². The van der Waals surface area contributed by atoms with Crippen molar-refractivity contribution >= 4 is 17.6 Å². The fourth-order valence-corrected chi connectivity index (χ4v) is 3.37. The van der Waals surface area contributed by atoms with E-state index in [0.717, 1.165) is 17.7 Å². The van der Waals surface area contributed by atoms with Crippen LogP contribution in [0.4, 0.5) is 20.2 Å². The van der Waals surface area contributed by atoms with Crippen molar-refractivity contribution in [3.63, 3.8) is 0 Å². The van der Waals surface area contributed by atoms with E-state index in [4.69, 9.17) is 0 Å². The first-order chi connectivity index (χ1) is 11.3. The van der Waals surface area contributed by atoms with Crippen LogP contribution in [-0.2, 0) is 0 Å². The van der Waals surface area contributed by atoms with Crippen LogP contribution in [0.25, 0.3) is 0 Å².